The van der Waals surface area contributed by atoms with Crippen molar-refractivity contribution in [1.82, 2.24) is 4.57 Å². The average Bonchev–Trinajstić information content (AvgIpc) is 3.29. The second-order valence-corrected chi connectivity index (χ2v) is 10.7. The SMILES string of the molecule is Cc1c(/C=C2/SC(=S)N(c3cccc(C(=O)O)c3)C2=O)c2ccccc2n1Cc1ccc(Cl)c(Cl)c1. The van der Waals surface area contributed by atoms with Crippen molar-refractivity contribution in [3.05, 3.63) is 104 Å². The Kier molecular flexibility index (Phi) is 6.66. The summed E-state index contributed by atoms with van der Waals surface area (Å²) in [6.45, 7) is 2.60. The van der Waals surface area contributed by atoms with E-state index in [0.717, 1.165) is 27.7 Å². The van der Waals surface area contributed by atoms with Gasteiger partial charge in [0.25, 0.3) is 5.91 Å². The number of aromatic carboxylic acids is 1. The lowest BCUT2D eigenvalue weighted by atomic mass is 10.1. The number of carbonyl (C=O) groups is 2. The first-order valence-electron chi connectivity index (χ1n) is 10.9. The van der Waals surface area contributed by atoms with Crippen LogP contribution in [0.25, 0.3) is 17.0 Å². The van der Waals surface area contributed by atoms with Gasteiger partial charge in [0.2, 0.25) is 0 Å². The predicted octanol–water partition coefficient (Wildman–Crippen LogP) is 7.41. The lowest BCUT2D eigenvalue weighted by molar-refractivity contribution is -0.113. The van der Waals surface area contributed by atoms with Crippen molar-refractivity contribution in [3.8, 4) is 0 Å². The summed E-state index contributed by atoms with van der Waals surface area (Å²) in [5, 5.41) is 11.3. The van der Waals surface area contributed by atoms with E-state index in [1.54, 1.807) is 18.2 Å². The summed E-state index contributed by atoms with van der Waals surface area (Å²) in [4.78, 5) is 26.6. The third-order valence-electron chi connectivity index (χ3n) is 6.02. The summed E-state index contributed by atoms with van der Waals surface area (Å²) in [6.07, 6.45) is 1.86. The number of halogens is 2. The summed E-state index contributed by atoms with van der Waals surface area (Å²) in [5.74, 6) is -1.35. The van der Waals surface area contributed by atoms with Crippen molar-refractivity contribution in [3.63, 3.8) is 0 Å². The van der Waals surface area contributed by atoms with Gasteiger partial charge in [0.1, 0.15) is 0 Å². The summed E-state index contributed by atoms with van der Waals surface area (Å²) < 4.78 is 2.53. The number of carboxylic acids is 1. The highest BCUT2D eigenvalue weighted by Gasteiger charge is 2.34. The number of amides is 1. The Balaban J connectivity index is 1.55. The number of benzene rings is 3. The molecule has 0 spiro atoms. The molecule has 1 aliphatic heterocycles. The lowest BCUT2D eigenvalue weighted by Gasteiger charge is -2.14. The number of carboxylic acid groups (broad SMARTS) is 1. The topological polar surface area (TPSA) is 62.5 Å². The van der Waals surface area contributed by atoms with Gasteiger partial charge in [0.05, 0.1) is 26.2 Å². The number of rotatable bonds is 5. The molecule has 180 valence electrons. The van der Waals surface area contributed by atoms with E-state index in [-0.39, 0.29) is 11.5 Å². The van der Waals surface area contributed by atoms with Crippen LogP contribution in [0.5, 0.6) is 0 Å². The van der Waals surface area contributed by atoms with Gasteiger partial charge in [-0.15, -0.1) is 0 Å². The van der Waals surface area contributed by atoms with Crippen LogP contribution >= 0.6 is 47.2 Å². The number of anilines is 1. The molecule has 0 saturated carbocycles. The van der Waals surface area contributed by atoms with E-state index in [4.69, 9.17) is 35.4 Å². The lowest BCUT2D eigenvalue weighted by Crippen LogP contribution is -2.27. The molecule has 0 aliphatic carbocycles. The minimum atomic E-state index is -1.07. The van der Waals surface area contributed by atoms with E-state index < -0.39 is 5.97 Å². The van der Waals surface area contributed by atoms with Gasteiger partial charge >= 0.3 is 5.97 Å². The second kappa shape index (κ2) is 9.75. The zero-order chi connectivity index (χ0) is 25.6. The Morgan fingerprint density at radius 3 is 2.58 bits per heavy atom. The maximum absolute atomic E-state index is 13.4. The van der Waals surface area contributed by atoms with Gasteiger partial charge in [-0.25, -0.2) is 4.79 Å². The highest BCUT2D eigenvalue weighted by molar-refractivity contribution is 8.27. The Hall–Kier alpha value is -3.10. The molecule has 36 heavy (non-hydrogen) atoms. The Morgan fingerprint density at radius 2 is 1.83 bits per heavy atom. The largest absolute Gasteiger partial charge is 0.478 e. The first kappa shape index (κ1) is 24.6. The Morgan fingerprint density at radius 1 is 1.06 bits per heavy atom. The summed E-state index contributed by atoms with van der Waals surface area (Å²) >= 11 is 19.0. The maximum atomic E-state index is 13.4. The summed E-state index contributed by atoms with van der Waals surface area (Å²) in [6, 6.07) is 19.8. The molecular formula is C27H18Cl2N2O3S2. The molecule has 0 unspecified atom stereocenters. The number of carbonyl (C=O) groups excluding carboxylic acids is 1. The molecule has 9 heteroatoms. The van der Waals surface area contributed by atoms with Crippen LogP contribution in [0.15, 0.2) is 71.6 Å². The quantitative estimate of drug-likeness (QED) is 0.206. The summed E-state index contributed by atoms with van der Waals surface area (Å²) in [7, 11) is 0. The first-order valence-corrected chi connectivity index (χ1v) is 12.9. The van der Waals surface area contributed by atoms with Crippen LogP contribution in [-0.4, -0.2) is 25.9 Å². The van der Waals surface area contributed by atoms with Crippen LogP contribution in [0.3, 0.4) is 0 Å². The van der Waals surface area contributed by atoms with Gasteiger partial charge < -0.3 is 9.67 Å². The standard InChI is InChI=1S/C27H18Cl2N2O3S2/c1-15-20(13-24-25(32)31(27(35)36-24)18-6-4-5-17(12-18)26(33)34)19-7-2-3-8-23(19)30(15)14-16-9-10-21(28)22(29)11-16/h2-13H,14H2,1H3,(H,33,34)/b24-13+. The van der Waals surface area contributed by atoms with Crippen molar-refractivity contribution in [2.45, 2.75) is 13.5 Å². The number of nitrogens with zero attached hydrogens (tertiary/aromatic N) is 2. The molecule has 4 aromatic rings. The van der Waals surface area contributed by atoms with E-state index in [0.29, 0.717) is 31.5 Å². The molecule has 3 aromatic carbocycles. The van der Waals surface area contributed by atoms with E-state index in [1.165, 1.54) is 28.8 Å². The molecule has 0 atom stereocenters. The molecule has 0 radical (unpaired) electrons. The molecule has 1 amide bonds. The third kappa shape index (κ3) is 4.44. The van der Waals surface area contributed by atoms with Crippen molar-refractivity contribution in [2.75, 3.05) is 4.90 Å². The predicted molar refractivity (Wildman–Crippen MR) is 151 cm³/mol. The van der Waals surface area contributed by atoms with Crippen LogP contribution in [0.2, 0.25) is 10.0 Å². The highest BCUT2D eigenvalue weighted by atomic mass is 35.5. The van der Waals surface area contributed by atoms with Crippen molar-refractivity contribution < 1.29 is 14.7 Å². The normalized spacial score (nSPS) is 14.9. The molecular weight excluding hydrogens is 535 g/mol. The van der Waals surface area contributed by atoms with Crippen LogP contribution in [0.4, 0.5) is 5.69 Å². The number of thiocarbonyl (C=S) groups is 1. The second-order valence-electron chi connectivity index (χ2n) is 8.22. The van der Waals surface area contributed by atoms with Gasteiger partial charge in [-0.3, -0.25) is 9.69 Å². The third-order valence-corrected chi connectivity index (χ3v) is 8.07. The zero-order valence-corrected chi connectivity index (χ0v) is 22.0. The van der Waals surface area contributed by atoms with Gasteiger partial charge in [-0.2, -0.15) is 0 Å². The smallest absolute Gasteiger partial charge is 0.335 e. The molecule has 2 heterocycles. The number of fused-ring (bicyclic) bond motifs is 1. The molecule has 5 rings (SSSR count). The minimum absolute atomic E-state index is 0.0896. The van der Waals surface area contributed by atoms with Gasteiger partial charge in [-0.1, -0.05) is 77.5 Å². The van der Waals surface area contributed by atoms with Crippen LogP contribution in [0.1, 0.15) is 27.2 Å². The first-order chi connectivity index (χ1) is 17.2. The molecule has 0 bridgehead atoms. The highest BCUT2D eigenvalue weighted by Crippen LogP contribution is 2.38. The fourth-order valence-electron chi connectivity index (χ4n) is 4.26. The molecule has 1 saturated heterocycles. The Labute approximate surface area is 226 Å². The molecule has 1 aromatic heterocycles. The van der Waals surface area contributed by atoms with Gasteiger partial charge in [0.15, 0.2) is 4.32 Å². The van der Waals surface area contributed by atoms with E-state index >= 15 is 0 Å². The average molecular weight is 553 g/mol. The van der Waals surface area contributed by atoms with Gasteiger partial charge in [-0.05, 0) is 55.0 Å². The number of para-hydroxylation sites is 1. The number of hydrogen-bond donors (Lipinski definition) is 1. The maximum Gasteiger partial charge on any atom is 0.335 e. The monoisotopic (exact) mass is 552 g/mol. The van der Waals surface area contributed by atoms with E-state index in [9.17, 15) is 14.7 Å². The number of hydrogen-bond acceptors (Lipinski definition) is 4. The van der Waals surface area contributed by atoms with Crippen molar-refractivity contribution in [1.29, 1.82) is 0 Å². The number of aromatic nitrogens is 1. The van der Waals surface area contributed by atoms with Crippen LogP contribution < -0.4 is 4.90 Å². The van der Waals surface area contributed by atoms with Gasteiger partial charge in [0, 0.05) is 28.7 Å². The van der Waals surface area contributed by atoms with E-state index in [2.05, 4.69) is 4.57 Å². The minimum Gasteiger partial charge on any atom is -0.478 e. The molecule has 1 N–H and O–H groups in total. The van der Waals surface area contributed by atoms with Crippen molar-refractivity contribution in [2.24, 2.45) is 0 Å². The summed E-state index contributed by atoms with van der Waals surface area (Å²) in [5.41, 5.74) is 4.46. The van der Waals surface area contributed by atoms with E-state index in [1.807, 2.05) is 49.4 Å². The number of thioether (sulfide) groups is 1. The van der Waals surface area contributed by atoms with Crippen molar-refractivity contribution >= 4 is 86.0 Å². The van der Waals surface area contributed by atoms with Crippen LogP contribution in [-0.2, 0) is 11.3 Å². The van der Waals surface area contributed by atoms with Crippen LogP contribution in [0, 0.1) is 6.92 Å². The molecule has 1 aliphatic rings. The fraction of sp³-hybridized carbons (Fsp3) is 0.0741. The molecule has 5 nitrogen and oxygen atoms in total. The molecule has 1 fully saturated rings. The zero-order valence-electron chi connectivity index (χ0n) is 18.9. The Bertz CT molecular complexity index is 1610. The fourth-order valence-corrected chi connectivity index (χ4v) is 5.87.